The Morgan fingerprint density at radius 2 is 2.31 bits per heavy atom. The van der Waals surface area contributed by atoms with Crippen molar-refractivity contribution in [2.24, 2.45) is 0 Å². The smallest absolute Gasteiger partial charge is 0.274 e. The number of hydrogen-bond acceptors (Lipinski definition) is 3. The zero-order chi connectivity index (χ0) is 9.84. The van der Waals surface area contributed by atoms with Gasteiger partial charge in [0.2, 0.25) is 0 Å². The Kier molecular flexibility index (Phi) is 2.64. The van der Waals surface area contributed by atoms with Crippen LogP contribution in [0.1, 0.15) is 5.56 Å². The Labute approximate surface area is 75.8 Å². The van der Waals surface area contributed by atoms with Crippen LogP contribution in [0.4, 0.5) is 11.4 Å². The molecule has 0 fully saturated rings. The standard InChI is InChI=1S/C9H10N2O2/c1-2-4-7-8(10)5-3-6-9(7)11(12)13/h2-3,5-6H,1,4,10H2. The average Bonchev–Trinajstić information content (AvgIpc) is 2.08. The first kappa shape index (κ1) is 9.25. The van der Waals surface area contributed by atoms with Gasteiger partial charge in [-0.15, -0.1) is 6.58 Å². The zero-order valence-electron chi connectivity index (χ0n) is 7.06. The number of rotatable bonds is 3. The van der Waals surface area contributed by atoms with E-state index in [0.717, 1.165) is 0 Å². The van der Waals surface area contributed by atoms with E-state index in [2.05, 4.69) is 6.58 Å². The third-order valence-electron chi connectivity index (χ3n) is 1.73. The first-order valence-electron chi connectivity index (χ1n) is 3.79. The van der Waals surface area contributed by atoms with Crippen LogP contribution >= 0.6 is 0 Å². The van der Waals surface area contributed by atoms with Gasteiger partial charge in [-0.1, -0.05) is 12.1 Å². The lowest BCUT2D eigenvalue weighted by Gasteiger charge is -2.02. The Morgan fingerprint density at radius 3 is 2.85 bits per heavy atom. The van der Waals surface area contributed by atoms with E-state index in [1.165, 1.54) is 6.07 Å². The highest BCUT2D eigenvalue weighted by Gasteiger charge is 2.13. The van der Waals surface area contributed by atoms with Crippen molar-refractivity contribution in [2.45, 2.75) is 6.42 Å². The van der Waals surface area contributed by atoms with Crippen LogP contribution in [0.2, 0.25) is 0 Å². The molecule has 0 unspecified atom stereocenters. The molecule has 4 heteroatoms. The topological polar surface area (TPSA) is 69.2 Å². The molecular weight excluding hydrogens is 168 g/mol. The summed E-state index contributed by atoms with van der Waals surface area (Å²) in [5.41, 5.74) is 6.62. The van der Waals surface area contributed by atoms with Crippen LogP contribution < -0.4 is 5.73 Å². The van der Waals surface area contributed by atoms with Gasteiger partial charge < -0.3 is 5.73 Å². The number of benzene rings is 1. The van der Waals surface area contributed by atoms with E-state index in [4.69, 9.17) is 5.73 Å². The number of allylic oxidation sites excluding steroid dienone is 1. The molecular formula is C9H10N2O2. The van der Waals surface area contributed by atoms with Gasteiger partial charge in [-0.2, -0.15) is 0 Å². The van der Waals surface area contributed by atoms with Crippen LogP contribution in [0.25, 0.3) is 0 Å². The SMILES string of the molecule is C=CCc1c(N)cccc1[N+](=O)[O-]. The lowest BCUT2D eigenvalue weighted by molar-refractivity contribution is -0.385. The van der Waals surface area contributed by atoms with E-state index < -0.39 is 4.92 Å². The summed E-state index contributed by atoms with van der Waals surface area (Å²) in [7, 11) is 0. The summed E-state index contributed by atoms with van der Waals surface area (Å²) in [6.45, 7) is 3.52. The highest BCUT2D eigenvalue weighted by atomic mass is 16.6. The molecule has 0 saturated carbocycles. The van der Waals surface area contributed by atoms with Gasteiger partial charge in [-0.05, 0) is 12.5 Å². The van der Waals surface area contributed by atoms with Crippen molar-refractivity contribution in [3.05, 3.63) is 46.5 Å². The first-order chi connectivity index (χ1) is 6.16. The molecule has 0 heterocycles. The third-order valence-corrected chi connectivity index (χ3v) is 1.73. The Morgan fingerprint density at radius 1 is 1.62 bits per heavy atom. The Balaban J connectivity index is 3.24. The molecule has 0 saturated heterocycles. The van der Waals surface area contributed by atoms with Crippen molar-refractivity contribution < 1.29 is 4.92 Å². The molecule has 0 aliphatic heterocycles. The summed E-state index contributed by atoms with van der Waals surface area (Å²) < 4.78 is 0. The molecule has 2 N–H and O–H groups in total. The lowest BCUT2D eigenvalue weighted by atomic mass is 10.1. The normalized spacial score (nSPS) is 9.54. The van der Waals surface area contributed by atoms with Crippen LogP contribution in [0.5, 0.6) is 0 Å². The second-order valence-electron chi connectivity index (χ2n) is 2.59. The van der Waals surface area contributed by atoms with Crippen LogP contribution in [-0.2, 0) is 6.42 Å². The summed E-state index contributed by atoms with van der Waals surface area (Å²) in [5.74, 6) is 0. The molecule has 13 heavy (non-hydrogen) atoms. The van der Waals surface area contributed by atoms with Gasteiger partial charge in [0.15, 0.2) is 0 Å². The molecule has 0 spiro atoms. The largest absolute Gasteiger partial charge is 0.398 e. The second-order valence-corrected chi connectivity index (χ2v) is 2.59. The van der Waals surface area contributed by atoms with Gasteiger partial charge in [-0.3, -0.25) is 10.1 Å². The van der Waals surface area contributed by atoms with Crippen LogP contribution in [0, 0.1) is 10.1 Å². The number of hydrogen-bond donors (Lipinski definition) is 1. The first-order valence-corrected chi connectivity index (χ1v) is 3.79. The number of nitro groups is 1. The fourth-order valence-electron chi connectivity index (χ4n) is 1.13. The van der Waals surface area contributed by atoms with Gasteiger partial charge >= 0.3 is 0 Å². The molecule has 0 aliphatic rings. The summed E-state index contributed by atoms with van der Waals surface area (Å²) in [6.07, 6.45) is 2.02. The van der Waals surface area contributed by atoms with E-state index in [-0.39, 0.29) is 5.69 Å². The molecule has 1 aromatic rings. The number of nitrogens with two attached hydrogens (primary N) is 1. The van der Waals surface area contributed by atoms with Gasteiger partial charge in [0.1, 0.15) is 0 Å². The fourth-order valence-corrected chi connectivity index (χ4v) is 1.13. The monoisotopic (exact) mass is 178 g/mol. The van der Waals surface area contributed by atoms with Crippen LogP contribution in [0.15, 0.2) is 30.9 Å². The summed E-state index contributed by atoms with van der Waals surface area (Å²) in [6, 6.07) is 4.65. The summed E-state index contributed by atoms with van der Waals surface area (Å²) in [5, 5.41) is 10.6. The molecule has 0 bridgehead atoms. The Bertz CT molecular complexity index is 347. The molecule has 0 aliphatic carbocycles. The quantitative estimate of drug-likeness (QED) is 0.332. The van der Waals surface area contributed by atoms with Gasteiger partial charge in [0.05, 0.1) is 10.5 Å². The minimum atomic E-state index is -0.435. The molecule has 68 valence electrons. The van der Waals surface area contributed by atoms with E-state index in [1.807, 2.05) is 0 Å². The molecule has 0 radical (unpaired) electrons. The van der Waals surface area contributed by atoms with Crippen molar-refractivity contribution in [1.29, 1.82) is 0 Å². The van der Waals surface area contributed by atoms with Crippen molar-refractivity contribution in [3.63, 3.8) is 0 Å². The van der Waals surface area contributed by atoms with E-state index in [9.17, 15) is 10.1 Å². The van der Waals surface area contributed by atoms with Crippen molar-refractivity contribution in [2.75, 3.05) is 5.73 Å². The minimum Gasteiger partial charge on any atom is -0.398 e. The van der Waals surface area contributed by atoms with Crippen LogP contribution in [-0.4, -0.2) is 4.92 Å². The molecule has 1 rings (SSSR count). The number of nitrogens with zero attached hydrogens (tertiary/aromatic N) is 1. The van der Waals surface area contributed by atoms with Crippen molar-refractivity contribution >= 4 is 11.4 Å². The summed E-state index contributed by atoms with van der Waals surface area (Å²) >= 11 is 0. The van der Waals surface area contributed by atoms with Crippen LogP contribution in [0.3, 0.4) is 0 Å². The van der Waals surface area contributed by atoms with E-state index in [0.29, 0.717) is 17.7 Å². The molecule has 0 amide bonds. The molecule has 0 atom stereocenters. The van der Waals surface area contributed by atoms with Crippen molar-refractivity contribution in [3.8, 4) is 0 Å². The maximum Gasteiger partial charge on any atom is 0.274 e. The molecule has 4 nitrogen and oxygen atoms in total. The van der Waals surface area contributed by atoms with Crippen molar-refractivity contribution in [1.82, 2.24) is 0 Å². The van der Waals surface area contributed by atoms with E-state index in [1.54, 1.807) is 18.2 Å². The van der Waals surface area contributed by atoms with Gasteiger partial charge in [0, 0.05) is 11.8 Å². The third kappa shape index (κ3) is 1.84. The fraction of sp³-hybridized carbons (Fsp3) is 0.111. The highest BCUT2D eigenvalue weighted by Crippen LogP contribution is 2.24. The van der Waals surface area contributed by atoms with Gasteiger partial charge in [0.25, 0.3) is 5.69 Å². The highest BCUT2D eigenvalue weighted by molar-refractivity contribution is 5.58. The second kappa shape index (κ2) is 3.71. The Hall–Kier alpha value is -1.84. The number of nitro benzene ring substituents is 1. The van der Waals surface area contributed by atoms with Gasteiger partial charge in [-0.25, -0.2) is 0 Å². The number of nitrogen functional groups attached to an aromatic ring is 1. The van der Waals surface area contributed by atoms with E-state index >= 15 is 0 Å². The zero-order valence-corrected chi connectivity index (χ0v) is 7.06. The summed E-state index contributed by atoms with van der Waals surface area (Å²) in [4.78, 5) is 10.1. The predicted octanol–water partition coefficient (Wildman–Crippen LogP) is 1.91. The maximum absolute atomic E-state index is 10.6. The number of anilines is 1. The minimum absolute atomic E-state index is 0.0555. The molecule has 1 aromatic carbocycles. The average molecular weight is 178 g/mol. The maximum atomic E-state index is 10.6. The predicted molar refractivity (Wildman–Crippen MR) is 51.4 cm³/mol. The molecule has 0 aromatic heterocycles. The lowest BCUT2D eigenvalue weighted by Crippen LogP contribution is -1.99.